The smallest absolute Gasteiger partial charge is 0.315 e. The third-order valence-electron chi connectivity index (χ3n) is 7.18. The van der Waals surface area contributed by atoms with Crippen LogP contribution in [-0.4, -0.2) is 26.7 Å². The molecule has 4 aromatic rings. The van der Waals surface area contributed by atoms with Crippen molar-refractivity contribution in [3.63, 3.8) is 0 Å². The number of nitrogens with zero attached hydrogens (tertiary/aromatic N) is 2. The second-order valence-electron chi connectivity index (χ2n) is 11.7. The Balaban J connectivity index is 1.75. The highest BCUT2D eigenvalue weighted by molar-refractivity contribution is 8.31. The number of benzene rings is 3. The SMILES string of the molecule is Cc1cc(C#N)cc(C(=O)c2c(C(C)C)c(=O)[nH]c(=O)n2CC#CCOS(c2ccccc2)(c2ccccc2)C(C)(C)C)c1. The number of aryl methyl sites for hydroxylation is 1. The van der Waals surface area contributed by atoms with Crippen molar-refractivity contribution >= 4 is 16.1 Å². The first-order valence-electron chi connectivity index (χ1n) is 14.4. The van der Waals surface area contributed by atoms with Crippen molar-refractivity contribution in [2.75, 3.05) is 6.61 Å². The van der Waals surface area contributed by atoms with E-state index in [0.717, 1.165) is 15.4 Å². The van der Waals surface area contributed by atoms with Crippen molar-refractivity contribution in [2.45, 2.75) is 68.5 Å². The third-order valence-corrected chi connectivity index (χ3v) is 11.2. The van der Waals surface area contributed by atoms with Gasteiger partial charge in [0.15, 0.2) is 0 Å². The van der Waals surface area contributed by atoms with Gasteiger partial charge >= 0.3 is 5.69 Å². The van der Waals surface area contributed by atoms with Gasteiger partial charge in [-0.3, -0.25) is 19.1 Å². The zero-order valence-corrected chi connectivity index (χ0v) is 26.7. The first-order chi connectivity index (χ1) is 20.9. The van der Waals surface area contributed by atoms with Crippen LogP contribution in [0.5, 0.6) is 0 Å². The number of carbonyl (C=O) groups excluding carboxylic acids is 1. The van der Waals surface area contributed by atoms with Crippen LogP contribution in [0.2, 0.25) is 0 Å². The van der Waals surface area contributed by atoms with E-state index >= 15 is 0 Å². The van der Waals surface area contributed by atoms with Gasteiger partial charge in [0.25, 0.3) is 5.56 Å². The highest BCUT2D eigenvalue weighted by Crippen LogP contribution is 2.71. The molecule has 1 N–H and O–H groups in total. The molecule has 0 saturated carbocycles. The summed E-state index contributed by atoms with van der Waals surface area (Å²) in [5.74, 6) is 5.21. The van der Waals surface area contributed by atoms with E-state index in [1.54, 1.807) is 32.9 Å². The molecule has 3 aromatic carbocycles. The number of carbonyl (C=O) groups is 1. The molecule has 0 spiro atoms. The molecule has 0 aliphatic heterocycles. The zero-order chi connectivity index (χ0) is 32.1. The van der Waals surface area contributed by atoms with Crippen LogP contribution in [-0.2, 0) is 10.7 Å². The summed E-state index contributed by atoms with van der Waals surface area (Å²) < 4.78 is 7.69. The summed E-state index contributed by atoms with van der Waals surface area (Å²) in [6.07, 6.45) is 0. The lowest BCUT2D eigenvalue weighted by molar-refractivity contribution is 0.102. The minimum atomic E-state index is -2.01. The highest BCUT2D eigenvalue weighted by atomic mass is 32.3. The molecule has 1 aromatic heterocycles. The Morgan fingerprint density at radius 1 is 0.955 bits per heavy atom. The summed E-state index contributed by atoms with van der Waals surface area (Å²) in [6.45, 7) is 11.8. The van der Waals surface area contributed by atoms with Crippen molar-refractivity contribution in [3.8, 4) is 17.9 Å². The first kappa shape index (κ1) is 32.3. The van der Waals surface area contributed by atoms with Crippen LogP contribution in [0.15, 0.2) is 98.2 Å². The summed E-state index contributed by atoms with van der Waals surface area (Å²) >= 11 is 0. The molecule has 0 fully saturated rings. The lowest BCUT2D eigenvalue weighted by Gasteiger charge is -2.49. The minimum absolute atomic E-state index is 0.0262. The monoisotopic (exact) mass is 607 g/mol. The fourth-order valence-corrected chi connectivity index (χ4v) is 8.95. The van der Waals surface area contributed by atoms with Crippen LogP contribution in [0, 0.1) is 30.1 Å². The first-order valence-corrected chi connectivity index (χ1v) is 15.9. The molecular weight excluding hydrogens is 570 g/mol. The zero-order valence-electron chi connectivity index (χ0n) is 25.9. The normalized spacial score (nSPS) is 11.9. The predicted octanol–water partition coefficient (Wildman–Crippen LogP) is 6.73. The van der Waals surface area contributed by atoms with E-state index in [4.69, 9.17) is 4.18 Å². The van der Waals surface area contributed by atoms with Gasteiger partial charge in [-0.1, -0.05) is 72.4 Å². The molecule has 0 amide bonds. The van der Waals surface area contributed by atoms with E-state index < -0.39 is 27.3 Å². The number of nitriles is 1. The number of aromatic nitrogens is 2. The maximum Gasteiger partial charge on any atom is 0.329 e. The van der Waals surface area contributed by atoms with Crippen LogP contribution in [0.25, 0.3) is 0 Å². The van der Waals surface area contributed by atoms with Crippen LogP contribution in [0.1, 0.15) is 73.3 Å². The Hall–Kier alpha value is -4.63. The van der Waals surface area contributed by atoms with Gasteiger partial charge in [-0.15, -0.1) is 0 Å². The lowest BCUT2D eigenvalue weighted by atomic mass is 9.95. The molecule has 0 bridgehead atoms. The van der Waals surface area contributed by atoms with Crippen LogP contribution >= 0.6 is 10.3 Å². The van der Waals surface area contributed by atoms with Gasteiger partial charge in [0, 0.05) is 25.7 Å². The maximum atomic E-state index is 13.9. The summed E-state index contributed by atoms with van der Waals surface area (Å²) in [6, 6.07) is 27.1. The van der Waals surface area contributed by atoms with Crippen LogP contribution in [0.4, 0.5) is 0 Å². The fourth-order valence-electron chi connectivity index (χ4n) is 5.32. The van der Waals surface area contributed by atoms with Gasteiger partial charge in [0.1, 0.15) is 12.3 Å². The Bertz CT molecular complexity index is 1840. The Labute approximate surface area is 260 Å². The van der Waals surface area contributed by atoms with Crippen molar-refractivity contribution in [3.05, 3.63) is 128 Å². The molecule has 0 aliphatic rings. The topological polar surface area (TPSA) is 105 Å². The van der Waals surface area contributed by atoms with E-state index in [1.807, 2.05) is 36.4 Å². The number of aromatic amines is 1. The second-order valence-corrected chi connectivity index (χ2v) is 15.2. The summed E-state index contributed by atoms with van der Waals surface area (Å²) in [4.78, 5) is 44.4. The molecule has 7 nitrogen and oxygen atoms in total. The van der Waals surface area contributed by atoms with Crippen molar-refractivity contribution in [1.29, 1.82) is 5.26 Å². The van der Waals surface area contributed by atoms with E-state index in [0.29, 0.717) is 5.56 Å². The molecule has 1 heterocycles. The van der Waals surface area contributed by atoms with Gasteiger partial charge in [0.2, 0.25) is 5.78 Å². The summed E-state index contributed by atoms with van der Waals surface area (Å²) in [5.41, 5.74) is 0.0850. The van der Waals surface area contributed by atoms with Gasteiger partial charge < -0.3 is 4.18 Å². The summed E-state index contributed by atoms with van der Waals surface area (Å²) in [7, 11) is -2.01. The van der Waals surface area contributed by atoms with Gasteiger partial charge in [-0.25, -0.2) is 4.79 Å². The van der Waals surface area contributed by atoms with E-state index in [-0.39, 0.29) is 40.6 Å². The Kier molecular flexibility index (Phi) is 9.79. The average molecular weight is 608 g/mol. The second kappa shape index (κ2) is 13.3. The standard InChI is InChI=1S/C36H37N3O4S/c1-25(2)31-32(33(40)28-22-26(3)21-27(23-28)24-37)39(35(42)38-34(31)41)19-13-14-20-43-44(36(4,5)6,29-15-9-7-10-16-29)30-17-11-8-12-18-30/h7-12,15-18,21-23,25H,19-20H2,1-6H3,(H,38,41,42). The molecule has 226 valence electrons. The molecule has 0 radical (unpaired) electrons. The Morgan fingerprint density at radius 3 is 2.07 bits per heavy atom. The predicted molar refractivity (Wildman–Crippen MR) is 175 cm³/mol. The van der Waals surface area contributed by atoms with Crippen LogP contribution < -0.4 is 11.2 Å². The number of rotatable bonds is 8. The number of nitrogens with one attached hydrogen (secondary N) is 1. The van der Waals surface area contributed by atoms with Gasteiger partial charge in [0.05, 0.1) is 18.2 Å². The van der Waals surface area contributed by atoms with Gasteiger partial charge in [-0.2, -0.15) is 5.26 Å². The number of H-pyrrole nitrogens is 1. The Morgan fingerprint density at radius 2 is 1.55 bits per heavy atom. The average Bonchev–Trinajstić information content (AvgIpc) is 2.98. The molecule has 44 heavy (non-hydrogen) atoms. The van der Waals surface area contributed by atoms with Gasteiger partial charge in [-0.05, 0) is 81.6 Å². The molecule has 8 heteroatoms. The largest absolute Gasteiger partial charge is 0.329 e. The van der Waals surface area contributed by atoms with E-state index in [9.17, 15) is 19.6 Å². The molecule has 0 atom stereocenters. The number of hydrogen-bond donors (Lipinski definition) is 1. The van der Waals surface area contributed by atoms with E-state index in [2.05, 4.69) is 67.9 Å². The van der Waals surface area contributed by atoms with Crippen molar-refractivity contribution in [2.24, 2.45) is 0 Å². The molecule has 0 saturated heterocycles. The van der Waals surface area contributed by atoms with Crippen LogP contribution in [0.3, 0.4) is 0 Å². The highest BCUT2D eigenvalue weighted by Gasteiger charge is 2.41. The summed E-state index contributed by atoms with van der Waals surface area (Å²) in [5, 5.41) is 9.44. The number of ketones is 1. The molecular formula is C36H37N3O4S. The third kappa shape index (κ3) is 6.48. The lowest BCUT2D eigenvalue weighted by Crippen LogP contribution is -2.37. The van der Waals surface area contributed by atoms with Crippen molar-refractivity contribution < 1.29 is 8.98 Å². The molecule has 4 rings (SSSR count). The maximum absolute atomic E-state index is 13.9. The number of hydrogen-bond acceptors (Lipinski definition) is 5. The fraction of sp³-hybridized carbons (Fsp3) is 0.278. The molecule has 0 aliphatic carbocycles. The van der Waals surface area contributed by atoms with E-state index in [1.165, 1.54) is 10.6 Å². The quantitative estimate of drug-likeness (QED) is 0.177. The molecule has 0 unspecified atom stereocenters. The minimum Gasteiger partial charge on any atom is -0.315 e. The van der Waals surface area contributed by atoms with Crippen molar-refractivity contribution in [1.82, 2.24) is 9.55 Å².